The van der Waals surface area contributed by atoms with E-state index >= 15 is 0 Å². The summed E-state index contributed by atoms with van der Waals surface area (Å²) in [7, 11) is 3.47. The van der Waals surface area contributed by atoms with Gasteiger partial charge in [-0.05, 0) is 61.1 Å². The summed E-state index contributed by atoms with van der Waals surface area (Å²) in [5.74, 6) is 1.47. The van der Waals surface area contributed by atoms with Gasteiger partial charge in [-0.3, -0.25) is 4.99 Å². The molecular formula is C24H32FN3O2. The Balaban J connectivity index is 1.58. The molecule has 1 fully saturated rings. The lowest BCUT2D eigenvalue weighted by atomic mass is 9.74. The number of hydrogen-bond donors (Lipinski definition) is 2. The minimum atomic E-state index is -0.209. The van der Waals surface area contributed by atoms with E-state index in [1.165, 1.54) is 17.7 Å². The molecule has 2 aromatic rings. The molecule has 2 N–H and O–H groups in total. The van der Waals surface area contributed by atoms with E-state index in [-0.39, 0.29) is 11.2 Å². The van der Waals surface area contributed by atoms with Crippen LogP contribution in [-0.4, -0.2) is 46.4 Å². The second-order valence-corrected chi connectivity index (χ2v) is 7.81. The summed E-state index contributed by atoms with van der Waals surface area (Å²) >= 11 is 0. The van der Waals surface area contributed by atoms with Crippen LogP contribution in [-0.2, 0) is 16.6 Å². The quantitative estimate of drug-likeness (QED) is 0.538. The van der Waals surface area contributed by atoms with Crippen molar-refractivity contribution in [2.45, 2.75) is 31.6 Å². The Morgan fingerprint density at radius 2 is 1.87 bits per heavy atom. The van der Waals surface area contributed by atoms with Gasteiger partial charge in [-0.1, -0.05) is 24.3 Å². The molecule has 162 valence electrons. The predicted octanol–water partition coefficient (Wildman–Crippen LogP) is 3.60. The molecule has 0 saturated carbocycles. The summed E-state index contributed by atoms with van der Waals surface area (Å²) in [4.78, 5) is 4.37. The maximum atomic E-state index is 13.4. The fourth-order valence-electron chi connectivity index (χ4n) is 3.95. The van der Waals surface area contributed by atoms with E-state index in [1.54, 1.807) is 14.2 Å². The zero-order valence-corrected chi connectivity index (χ0v) is 18.1. The van der Waals surface area contributed by atoms with Gasteiger partial charge in [-0.2, -0.15) is 0 Å². The van der Waals surface area contributed by atoms with E-state index in [2.05, 4.69) is 33.8 Å². The van der Waals surface area contributed by atoms with Crippen molar-refractivity contribution in [2.24, 2.45) is 4.99 Å². The van der Waals surface area contributed by atoms with Crippen molar-refractivity contribution in [1.29, 1.82) is 0 Å². The molecule has 1 aliphatic heterocycles. The lowest BCUT2D eigenvalue weighted by Gasteiger charge is -2.38. The number of nitrogens with zero attached hydrogens (tertiary/aromatic N) is 1. The van der Waals surface area contributed by atoms with Crippen molar-refractivity contribution in [3.05, 3.63) is 65.0 Å². The molecular weight excluding hydrogens is 381 g/mol. The molecule has 0 aromatic heterocycles. The standard InChI is InChI=1S/C24H32FN3O2/c1-18-4-5-19(16-22(18)29-3)10-13-27-23(26-2)28-17-24(11-14-30-15-12-24)20-6-8-21(25)9-7-20/h4-9,16H,10-15,17H2,1-3H3,(H2,26,27,28). The SMILES string of the molecule is CN=C(NCCc1ccc(C)c(OC)c1)NCC1(c2ccc(F)cc2)CCOCC1. The lowest BCUT2D eigenvalue weighted by Crippen LogP contribution is -2.48. The molecule has 2 aromatic carbocycles. The number of rotatable bonds is 7. The highest BCUT2D eigenvalue weighted by Gasteiger charge is 2.34. The van der Waals surface area contributed by atoms with Gasteiger partial charge in [0.05, 0.1) is 7.11 Å². The first-order valence-corrected chi connectivity index (χ1v) is 10.5. The van der Waals surface area contributed by atoms with Gasteiger partial charge in [-0.25, -0.2) is 4.39 Å². The molecule has 0 bridgehead atoms. The van der Waals surface area contributed by atoms with Crippen molar-refractivity contribution < 1.29 is 13.9 Å². The average Bonchev–Trinajstić information content (AvgIpc) is 2.78. The fraction of sp³-hybridized carbons (Fsp3) is 0.458. The smallest absolute Gasteiger partial charge is 0.191 e. The summed E-state index contributed by atoms with van der Waals surface area (Å²) < 4.78 is 24.4. The number of nitrogens with one attached hydrogen (secondary N) is 2. The van der Waals surface area contributed by atoms with Crippen molar-refractivity contribution in [3.8, 4) is 5.75 Å². The molecule has 6 heteroatoms. The highest BCUT2D eigenvalue weighted by molar-refractivity contribution is 5.79. The van der Waals surface area contributed by atoms with Crippen LogP contribution in [0.5, 0.6) is 5.75 Å². The molecule has 0 aliphatic carbocycles. The van der Waals surface area contributed by atoms with Crippen molar-refractivity contribution in [2.75, 3.05) is 40.5 Å². The highest BCUT2D eigenvalue weighted by Crippen LogP contribution is 2.34. The van der Waals surface area contributed by atoms with Crippen LogP contribution in [0.1, 0.15) is 29.5 Å². The first-order chi connectivity index (χ1) is 14.6. The van der Waals surface area contributed by atoms with Crippen LogP contribution in [0, 0.1) is 12.7 Å². The fourth-order valence-corrected chi connectivity index (χ4v) is 3.95. The van der Waals surface area contributed by atoms with Gasteiger partial charge in [-0.15, -0.1) is 0 Å². The van der Waals surface area contributed by atoms with E-state index in [0.29, 0.717) is 13.2 Å². The Morgan fingerprint density at radius 3 is 2.53 bits per heavy atom. The summed E-state index contributed by atoms with van der Waals surface area (Å²) in [6, 6.07) is 13.1. The van der Waals surface area contributed by atoms with Crippen molar-refractivity contribution in [3.63, 3.8) is 0 Å². The topological polar surface area (TPSA) is 54.9 Å². The zero-order valence-electron chi connectivity index (χ0n) is 18.1. The number of halogens is 1. The summed E-state index contributed by atoms with van der Waals surface area (Å²) in [6.45, 7) is 4.94. The first kappa shape index (κ1) is 22.1. The van der Waals surface area contributed by atoms with Crippen LogP contribution >= 0.6 is 0 Å². The third-order valence-corrected chi connectivity index (χ3v) is 5.90. The molecule has 0 atom stereocenters. The van der Waals surface area contributed by atoms with Crippen LogP contribution < -0.4 is 15.4 Å². The summed E-state index contributed by atoms with van der Waals surface area (Å²) in [5.41, 5.74) is 3.40. The number of guanidine groups is 1. The highest BCUT2D eigenvalue weighted by atomic mass is 19.1. The molecule has 1 heterocycles. The number of aliphatic imine (C=N–C) groups is 1. The third kappa shape index (κ3) is 5.51. The van der Waals surface area contributed by atoms with Crippen LogP contribution in [0.3, 0.4) is 0 Å². The van der Waals surface area contributed by atoms with Gasteiger partial charge in [0.2, 0.25) is 0 Å². The number of ether oxygens (including phenoxy) is 2. The minimum absolute atomic E-state index is 0.0894. The number of benzene rings is 2. The second-order valence-electron chi connectivity index (χ2n) is 7.81. The van der Waals surface area contributed by atoms with Crippen molar-refractivity contribution >= 4 is 5.96 Å². The Morgan fingerprint density at radius 1 is 1.13 bits per heavy atom. The largest absolute Gasteiger partial charge is 0.496 e. The second kappa shape index (κ2) is 10.4. The number of hydrogen-bond acceptors (Lipinski definition) is 3. The normalized spacial score (nSPS) is 16.2. The van der Waals surface area contributed by atoms with Gasteiger partial charge in [0.1, 0.15) is 11.6 Å². The molecule has 0 radical (unpaired) electrons. The monoisotopic (exact) mass is 413 g/mol. The van der Waals surface area contributed by atoms with Crippen LogP contribution in [0.15, 0.2) is 47.5 Å². The summed E-state index contributed by atoms with van der Waals surface area (Å²) in [6.07, 6.45) is 2.66. The van der Waals surface area contributed by atoms with Gasteiger partial charge in [0.25, 0.3) is 0 Å². The first-order valence-electron chi connectivity index (χ1n) is 10.5. The van der Waals surface area contributed by atoms with Crippen LogP contribution in [0.4, 0.5) is 4.39 Å². The van der Waals surface area contributed by atoms with Gasteiger partial charge >= 0.3 is 0 Å². The molecule has 1 aliphatic rings. The van der Waals surface area contributed by atoms with Crippen LogP contribution in [0.2, 0.25) is 0 Å². The van der Waals surface area contributed by atoms with Crippen molar-refractivity contribution in [1.82, 2.24) is 10.6 Å². The number of methoxy groups -OCH3 is 1. The molecule has 0 unspecified atom stereocenters. The predicted molar refractivity (Wildman–Crippen MR) is 119 cm³/mol. The van der Waals surface area contributed by atoms with E-state index < -0.39 is 0 Å². The maximum absolute atomic E-state index is 13.4. The van der Waals surface area contributed by atoms with E-state index in [9.17, 15) is 4.39 Å². The lowest BCUT2D eigenvalue weighted by molar-refractivity contribution is 0.0513. The van der Waals surface area contributed by atoms with E-state index in [1.807, 2.05) is 19.1 Å². The molecule has 3 rings (SSSR count). The Labute approximate surface area is 178 Å². The molecule has 0 amide bonds. The molecule has 30 heavy (non-hydrogen) atoms. The zero-order chi connectivity index (χ0) is 21.4. The Kier molecular flexibility index (Phi) is 7.69. The molecule has 5 nitrogen and oxygen atoms in total. The third-order valence-electron chi connectivity index (χ3n) is 5.90. The van der Waals surface area contributed by atoms with E-state index in [0.717, 1.165) is 55.2 Å². The summed E-state index contributed by atoms with van der Waals surface area (Å²) in [5, 5.41) is 6.87. The maximum Gasteiger partial charge on any atom is 0.191 e. The Hall–Kier alpha value is -2.60. The van der Waals surface area contributed by atoms with E-state index in [4.69, 9.17) is 9.47 Å². The number of aryl methyl sites for hydroxylation is 1. The molecule has 0 spiro atoms. The van der Waals surface area contributed by atoms with Gasteiger partial charge < -0.3 is 20.1 Å². The minimum Gasteiger partial charge on any atom is -0.496 e. The molecule has 1 saturated heterocycles. The van der Waals surface area contributed by atoms with Crippen LogP contribution in [0.25, 0.3) is 0 Å². The van der Waals surface area contributed by atoms with Gasteiger partial charge in [0.15, 0.2) is 5.96 Å². The average molecular weight is 414 g/mol. The van der Waals surface area contributed by atoms with Gasteiger partial charge in [0, 0.05) is 38.8 Å². The Bertz CT molecular complexity index is 846.